The lowest BCUT2D eigenvalue weighted by Crippen LogP contribution is -2.47. The summed E-state index contributed by atoms with van der Waals surface area (Å²) in [6, 6.07) is 12.4. The maximum atomic E-state index is 5.68. The number of hydrogen-bond acceptors (Lipinski definition) is 5. The van der Waals surface area contributed by atoms with Crippen LogP contribution in [-0.2, 0) is 6.67 Å². The summed E-state index contributed by atoms with van der Waals surface area (Å²) in [5.74, 6) is 1.05. The van der Waals surface area contributed by atoms with Crippen molar-refractivity contribution in [3.05, 3.63) is 64.8 Å². The van der Waals surface area contributed by atoms with Crippen LogP contribution in [0.2, 0.25) is 0 Å². The number of anilines is 1. The molecule has 4 rings (SSSR count). The number of nitrogens with zero attached hydrogens (tertiary/aromatic N) is 6. The summed E-state index contributed by atoms with van der Waals surface area (Å²) in [4.78, 5) is 9.15. The summed E-state index contributed by atoms with van der Waals surface area (Å²) in [7, 11) is 0. The summed E-state index contributed by atoms with van der Waals surface area (Å²) in [5.41, 5.74) is 3.55. The van der Waals surface area contributed by atoms with E-state index in [2.05, 4.69) is 58.0 Å². The monoisotopic (exact) mass is 380 g/mol. The standard InChI is InChI=1S/C20H24N6S/c1-16-6-7-18(17(2)13-16)25-14-22-26(20(25)27)15-23-9-11-24(12-10-23)19-5-3-4-8-21-19/h3-8,13-14H,9-12,15H2,1-2H3. The van der Waals surface area contributed by atoms with Crippen molar-refractivity contribution < 1.29 is 0 Å². The maximum Gasteiger partial charge on any atom is 0.203 e. The van der Waals surface area contributed by atoms with Crippen LogP contribution < -0.4 is 4.90 Å². The van der Waals surface area contributed by atoms with Crippen LogP contribution in [0.25, 0.3) is 5.69 Å². The Kier molecular flexibility index (Phi) is 5.05. The zero-order valence-electron chi connectivity index (χ0n) is 15.7. The smallest absolute Gasteiger partial charge is 0.203 e. The van der Waals surface area contributed by atoms with Gasteiger partial charge in [0.15, 0.2) is 0 Å². The molecule has 1 aliphatic rings. The van der Waals surface area contributed by atoms with Crippen molar-refractivity contribution in [2.24, 2.45) is 0 Å². The second kappa shape index (κ2) is 7.62. The predicted octanol–water partition coefficient (Wildman–Crippen LogP) is 3.19. The van der Waals surface area contributed by atoms with E-state index in [4.69, 9.17) is 12.2 Å². The highest BCUT2D eigenvalue weighted by Gasteiger charge is 2.19. The Hall–Kier alpha value is -2.51. The van der Waals surface area contributed by atoms with Crippen LogP contribution in [0.4, 0.5) is 5.82 Å². The van der Waals surface area contributed by atoms with Crippen molar-refractivity contribution >= 4 is 18.0 Å². The molecule has 3 aromatic rings. The molecule has 0 unspecified atom stereocenters. The molecule has 1 aliphatic heterocycles. The molecule has 0 aliphatic carbocycles. The predicted molar refractivity (Wildman–Crippen MR) is 110 cm³/mol. The first-order chi connectivity index (χ1) is 13.1. The lowest BCUT2D eigenvalue weighted by molar-refractivity contribution is 0.194. The molecule has 1 aromatic carbocycles. The molecule has 1 fully saturated rings. The summed E-state index contributed by atoms with van der Waals surface area (Å²) < 4.78 is 4.63. The van der Waals surface area contributed by atoms with Gasteiger partial charge >= 0.3 is 0 Å². The van der Waals surface area contributed by atoms with E-state index in [1.54, 1.807) is 0 Å². The van der Waals surface area contributed by atoms with Crippen LogP contribution in [-0.4, -0.2) is 50.4 Å². The highest BCUT2D eigenvalue weighted by Crippen LogP contribution is 2.17. The molecule has 6 nitrogen and oxygen atoms in total. The van der Waals surface area contributed by atoms with E-state index in [9.17, 15) is 0 Å². The van der Waals surface area contributed by atoms with E-state index in [0.29, 0.717) is 6.67 Å². The van der Waals surface area contributed by atoms with Gasteiger partial charge in [-0.2, -0.15) is 5.10 Å². The Morgan fingerprint density at radius 2 is 1.85 bits per heavy atom. The molecule has 140 valence electrons. The van der Waals surface area contributed by atoms with E-state index in [1.165, 1.54) is 11.1 Å². The van der Waals surface area contributed by atoms with Crippen LogP contribution >= 0.6 is 12.2 Å². The number of hydrogen-bond donors (Lipinski definition) is 0. The molecule has 1 saturated heterocycles. The average Bonchev–Trinajstić information content (AvgIpc) is 3.03. The van der Waals surface area contributed by atoms with Crippen molar-refractivity contribution in [1.29, 1.82) is 0 Å². The van der Waals surface area contributed by atoms with Gasteiger partial charge in [0.05, 0.1) is 12.4 Å². The second-order valence-corrected chi connectivity index (χ2v) is 7.37. The molecule has 0 atom stereocenters. The number of aryl methyl sites for hydroxylation is 2. The fourth-order valence-electron chi connectivity index (χ4n) is 3.52. The molecular weight excluding hydrogens is 356 g/mol. The van der Waals surface area contributed by atoms with Crippen LogP contribution in [0, 0.1) is 18.6 Å². The third-order valence-electron chi connectivity index (χ3n) is 5.02. The first-order valence-electron chi connectivity index (χ1n) is 9.22. The molecular formula is C20H24N6S. The fourth-order valence-corrected chi connectivity index (χ4v) is 3.77. The van der Waals surface area contributed by atoms with Gasteiger partial charge in [-0.25, -0.2) is 9.67 Å². The third kappa shape index (κ3) is 3.79. The van der Waals surface area contributed by atoms with Crippen LogP contribution in [0.1, 0.15) is 11.1 Å². The van der Waals surface area contributed by atoms with Crippen molar-refractivity contribution in [3.8, 4) is 5.69 Å². The number of piperazine rings is 1. The van der Waals surface area contributed by atoms with Crippen LogP contribution in [0.15, 0.2) is 48.9 Å². The van der Waals surface area contributed by atoms with Gasteiger partial charge in [0.2, 0.25) is 4.77 Å². The first-order valence-corrected chi connectivity index (χ1v) is 9.63. The second-order valence-electron chi connectivity index (χ2n) is 7.01. The zero-order chi connectivity index (χ0) is 18.8. The van der Waals surface area contributed by atoms with Crippen LogP contribution in [0.5, 0.6) is 0 Å². The van der Waals surface area contributed by atoms with E-state index >= 15 is 0 Å². The minimum Gasteiger partial charge on any atom is -0.354 e. The fraction of sp³-hybridized carbons (Fsp3) is 0.350. The Bertz CT molecular complexity index is 970. The molecule has 2 aromatic heterocycles. The average molecular weight is 381 g/mol. The van der Waals surface area contributed by atoms with E-state index < -0.39 is 0 Å². The van der Waals surface area contributed by atoms with Gasteiger partial charge in [0.1, 0.15) is 12.1 Å². The maximum absolute atomic E-state index is 5.68. The normalized spacial score (nSPS) is 15.3. The molecule has 0 spiro atoms. The summed E-state index contributed by atoms with van der Waals surface area (Å²) >= 11 is 5.68. The first kappa shape index (κ1) is 17.9. The SMILES string of the molecule is Cc1ccc(-n2cnn(CN3CCN(c4ccccn4)CC3)c2=S)c(C)c1. The van der Waals surface area contributed by atoms with Crippen molar-refractivity contribution in [3.63, 3.8) is 0 Å². The summed E-state index contributed by atoms with van der Waals surface area (Å²) in [6.07, 6.45) is 3.67. The molecule has 0 amide bonds. The molecule has 3 heterocycles. The van der Waals surface area contributed by atoms with Crippen molar-refractivity contribution in [2.75, 3.05) is 31.1 Å². The van der Waals surface area contributed by atoms with Gasteiger partial charge in [0, 0.05) is 32.4 Å². The highest BCUT2D eigenvalue weighted by atomic mass is 32.1. The minimum atomic E-state index is 0.715. The van der Waals surface area contributed by atoms with Crippen LogP contribution in [0.3, 0.4) is 0 Å². The number of rotatable bonds is 4. The van der Waals surface area contributed by atoms with Gasteiger partial charge in [-0.3, -0.25) is 9.47 Å². The molecule has 0 saturated carbocycles. The van der Waals surface area contributed by atoms with Gasteiger partial charge in [-0.1, -0.05) is 23.8 Å². The van der Waals surface area contributed by atoms with E-state index in [0.717, 1.165) is 42.5 Å². The Labute approximate surface area is 164 Å². The number of pyridine rings is 1. The van der Waals surface area contributed by atoms with Gasteiger partial charge < -0.3 is 4.90 Å². The summed E-state index contributed by atoms with van der Waals surface area (Å²) in [5, 5.41) is 4.53. The van der Waals surface area contributed by atoms with E-state index in [1.807, 2.05) is 33.9 Å². The molecule has 0 radical (unpaired) electrons. The molecule has 7 heteroatoms. The zero-order valence-corrected chi connectivity index (χ0v) is 16.6. The number of benzene rings is 1. The quantitative estimate of drug-likeness (QED) is 0.650. The summed E-state index contributed by atoms with van der Waals surface area (Å²) in [6.45, 7) is 8.78. The lowest BCUT2D eigenvalue weighted by Gasteiger charge is -2.35. The molecule has 27 heavy (non-hydrogen) atoms. The van der Waals surface area contributed by atoms with Crippen molar-refractivity contribution in [2.45, 2.75) is 20.5 Å². The van der Waals surface area contributed by atoms with E-state index in [-0.39, 0.29) is 0 Å². The van der Waals surface area contributed by atoms with Gasteiger partial charge in [-0.15, -0.1) is 0 Å². The highest BCUT2D eigenvalue weighted by molar-refractivity contribution is 7.71. The van der Waals surface area contributed by atoms with Gasteiger partial charge in [0.25, 0.3) is 0 Å². The number of aromatic nitrogens is 4. The Morgan fingerprint density at radius 1 is 1.04 bits per heavy atom. The minimum absolute atomic E-state index is 0.715. The van der Waals surface area contributed by atoms with Crippen molar-refractivity contribution in [1.82, 2.24) is 24.2 Å². The topological polar surface area (TPSA) is 42.1 Å². The Morgan fingerprint density at radius 3 is 2.56 bits per heavy atom. The van der Waals surface area contributed by atoms with Gasteiger partial charge in [-0.05, 0) is 49.8 Å². The largest absolute Gasteiger partial charge is 0.354 e. The molecule has 0 bridgehead atoms. The third-order valence-corrected chi connectivity index (χ3v) is 5.43. The molecule has 0 N–H and O–H groups in total. The Balaban J connectivity index is 1.44. The lowest BCUT2D eigenvalue weighted by atomic mass is 10.1.